The zero-order valence-electron chi connectivity index (χ0n) is 12.2. The van der Waals surface area contributed by atoms with Gasteiger partial charge in [-0.25, -0.2) is 4.68 Å². The molecule has 2 aromatic rings. The highest BCUT2D eigenvalue weighted by Crippen LogP contribution is 2.14. The van der Waals surface area contributed by atoms with E-state index in [1.165, 1.54) is 0 Å². The van der Waals surface area contributed by atoms with Gasteiger partial charge >= 0.3 is 0 Å². The summed E-state index contributed by atoms with van der Waals surface area (Å²) in [4.78, 5) is 0. The second-order valence-corrected chi connectivity index (χ2v) is 5.08. The third kappa shape index (κ3) is 3.92. The van der Waals surface area contributed by atoms with Gasteiger partial charge in [-0.15, -0.1) is 0 Å². The van der Waals surface area contributed by atoms with Crippen LogP contribution in [0.15, 0.2) is 42.7 Å². The third-order valence-corrected chi connectivity index (χ3v) is 3.52. The van der Waals surface area contributed by atoms with Gasteiger partial charge in [0.15, 0.2) is 0 Å². The van der Waals surface area contributed by atoms with Crippen LogP contribution in [0.1, 0.15) is 38.3 Å². The number of aromatic nitrogens is 2. The molecule has 4 nitrogen and oxygen atoms in total. The monoisotopic (exact) mass is 273 g/mol. The van der Waals surface area contributed by atoms with E-state index in [2.05, 4.69) is 17.3 Å². The number of aliphatic hydroxyl groups excluding tert-OH is 1. The molecular weight excluding hydrogens is 250 g/mol. The van der Waals surface area contributed by atoms with Crippen LogP contribution in [0.4, 0.5) is 0 Å². The molecule has 2 atom stereocenters. The molecular formula is C16H23N3O. The highest BCUT2D eigenvalue weighted by molar-refractivity contribution is 5.31. The summed E-state index contributed by atoms with van der Waals surface area (Å²) < 4.78 is 1.88. The summed E-state index contributed by atoms with van der Waals surface area (Å²) >= 11 is 0. The van der Waals surface area contributed by atoms with Gasteiger partial charge in [0, 0.05) is 17.8 Å². The molecule has 0 aliphatic rings. The Labute approximate surface area is 120 Å². The summed E-state index contributed by atoms with van der Waals surface area (Å²) in [6, 6.07) is 10.3. The van der Waals surface area contributed by atoms with Crippen LogP contribution >= 0.6 is 0 Å². The smallest absolute Gasteiger partial charge is 0.0645 e. The van der Waals surface area contributed by atoms with E-state index in [-0.39, 0.29) is 12.1 Å². The van der Waals surface area contributed by atoms with Crippen LogP contribution in [0, 0.1) is 0 Å². The average molecular weight is 273 g/mol. The Balaban J connectivity index is 1.91. The van der Waals surface area contributed by atoms with E-state index in [0.29, 0.717) is 0 Å². The molecule has 108 valence electrons. The van der Waals surface area contributed by atoms with Crippen molar-refractivity contribution < 1.29 is 5.11 Å². The van der Waals surface area contributed by atoms with Gasteiger partial charge in [0.05, 0.1) is 18.0 Å². The van der Waals surface area contributed by atoms with Crippen LogP contribution in [0.3, 0.4) is 0 Å². The van der Waals surface area contributed by atoms with Crippen LogP contribution in [-0.4, -0.2) is 27.5 Å². The predicted octanol–water partition coefficient (Wildman–Crippen LogP) is 2.68. The van der Waals surface area contributed by atoms with Crippen LogP contribution < -0.4 is 5.32 Å². The fraction of sp³-hybridized carbons (Fsp3) is 0.438. The lowest BCUT2D eigenvalue weighted by atomic mass is 10.1. The molecule has 2 N–H and O–H groups in total. The number of benzene rings is 1. The first-order chi connectivity index (χ1) is 9.70. The molecule has 0 saturated heterocycles. The van der Waals surface area contributed by atoms with Gasteiger partial charge < -0.3 is 10.4 Å². The molecule has 0 aliphatic carbocycles. The highest BCUT2D eigenvalue weighted by Gasteiger charge is 2.09. The van der Waals surface area contributed by atoms with Crippen molar-refractivity contribution in [3.05, 3.63) is 48.3 Å². The van der Waals surface area contributed by atoms with Crippen molar-refractivity contribution in [3.8, 4) is 5.69 Å². The van der Waals surface area contributed by atoms with Crippen molar-refractivity contribution in [1.29, 1.82) is 0 Å². The zero-order chi connectivity index (χ0) is 14.4. The van der Waals surface area contributed by atoms with E-state index in [1.54, 1.807) is 0 Å². The summed E-state index contributed by atoms with van der Waals surface area (Å²) in [5, 5.41) is 17.3. The lowest BCUT2D eigenvalue weighted by molar-refractivity contribution is 0.159. The maximum atomic E-state index is 9.54. The molecule has 1 aromatic heterocycles. The number of nitrogens with zero attached hydrogens (tertiary/aromatic N) is 2. The van der Waals surface area contributed by atoms with Gasteiger partial charge in [-0.3, -0.25) is 0 Å². The minimum absolute atomic E-state index is 0.207. The van der Waals surface area contributed by atoms with E-state index in [4.69, 9.17) is 0 Å². The van der Waals surface area contributed by atoms with Gasteiger partial charge in [-0.2, -0.15) is 5.10 Å². The van der Waals surface area contributed by atoms with Crippen molar-refractivity contribution in [1.82, 2.24) is 15.1 Å². The van der Waals surface area contributed by atoms with Crippen LogP contribution in [0.25, 0.3) is 5.69 Å². The van der Waals surface area contributed by atoms with Crippen molar-refractivity contribution in [2.24, 2.45) is 0 Å². The highest BCUT2D eigenvalue weighted by atomic mass is 16.3. The van der Waals surface area contributed by atoms with E-state index in [9.17, 15) is 5.11 Å². The normalized spacial score (nSPS) is 14.2. The van der Waals surface area contributed by atoms with Gasteiger partial charge in [-0.1, -0.05) is 25.1 Å². The first-order valence-corrected chi connectivity index (χ1v) is 7.22. The van der Waals surface area contributed by atoms with Gasteiger partial charge in [-0.05, 0) is 38.4 Å². The Hall–Kier alpha value is -1.65. The number of hydrogen-bond donors (Lipinski definition) is 2. The molecule has 0 spiro atoms. The minimum atomic E-state index is -0.207. The zero-order valence-corrected chi connectivity index (χ0v) is 12.2. The first kappa shape index (κ1) is 14.8. The lowest BCUT2D eigenvalue weighted by Crippen LogP contribution is -2.23. The molecule has 2 unspecified atom stereocenters. The Bertz CT molecular complexity index is 509. The number of hydrogen-bond acceptors (Lipinski definition) is 3. The molecule has 1 aromatic carbocycles. The van der Waals surface area contributed by atoms with Crippen LogP contribution in [0.5, 0.6) is 0 Å². The van der Waals surface area contributed by atoms with Crippen molar-refractivity contribution in [2.45, 2.75) is 38.8 Å². The second-order valence-electron chi connectivity index (χ2n) is 5.08. The Morgan fingerprint density at radius 2 is 2.05 bits per heavy atom. The van der Waals surface area contributed by atoms with Gasteiger partial charge in [0.2, 0.25) is 0 Å². The summed E-state index contributed by atoms with van der Waals surface area (Å²) in [5.41, 5.74) is 2.21. The molecule has 0 fully saturated rings. The molecule has 0 amide bonds. The van der Waals surface area contributed by atoms with Crippen molar-refractivity contribution in [2.75, 3.05) is 6.54 Å². The number of rotatable bonds is 7. The van der Waals surface area contributed by atoms with Crippen molar-refractivity contribution >= 4 is 0 Å². The third-order valence-electron chi connectivity index (χ3n) is 3.52. The van der Waals surface area contributed by atoms with Gasteiger partial charge in [0.1, 0.15) is 0 Å². The van der Waals surface area contributed by atoms with Crippen molar-refractivity contribution in [3.63, 3.8) is 0 Å². The fourth-order valence-electron chi connectivity index (χ4n) is 2.07. The van der Waals surface area contributed by atoms with Crippen LogP contribution in [0.2, 0.25) is 0 Å². The van der Waals surface area contributed by atoms with E-state index in [1.807, 2.05) is 54.3 Å². The molecule has 0 aliphatic heterocycles. The fourth-order valence-corrected chi connectivity index (χ4v) is 2.07. The lowest BCUT2D eigenvalue weighted by Gasteiger charge is -2.13. The molecule has 0 radical (unpaired) electrons. The largest absolute Gasteiger partial charge is 0.393 e. The van der Waals surface area contributed by atoms with Crippen LogP contribution in [-0.2, 0) is 0 Å². The number of para-hydroxylation sites is 1. The first-order valence-electron chi connectivity index (χ1n) is 7.22. The standard InChI is InChI=1S/C16H23N3O/c1-3-16(20)9-10-17-13(2)14-11-18-19(12-14)15-7-5-4-6-8-15/h4-8,11-13,16-17,20H,3,9-10H2,1-2H3. The summed E-state index contributed by atoms with van der Waals surface area (Å²) in [5.74, 6) is 0. The summed E-state index contributed by atoms with van der Waals surface area (Å²) in [6.45, 7) is 4.93. The summed E-state index contributed by atoms with van der Waals surface area (Å²) in [7, 11) is 0. The Kier molecular flexibility index (Phi) is 5.32. The molecule has 20 heavy (non-hydrogen) atoms. The Morgan fingerprint density at radius 1 is 1.30 bits per heavy atom. The SMILES string of the molecule is CCC(O)CCNC(C)c1cnn(-c2ccccc2)c1. The second kappa shape index (κ2) is 7.22. The average Bonchev–Trinajstić information content (AvgIpc) is 2.97. The molecule has 0 saturated carbocycles. The van der Waals surface area contributed by atoms with E-state index >= 15 is 0 Å². The molecule has 4 heteroatoms. The topological polar surface area (TPSA) is 50.1 Å². The summed E-state index contributed by atoms with van der Waals surface area (Å²) in [6.07, 6.45) is 5.32. The molecule has 1 heterocycles. The van der Waals surface area contributed by atoms with E-state index < -0.39 is 0 Å². The maximum absolute atomic E-state index is 9.54. The predicted molar refractivity (Wildman–Crippen MR) is 80.9 cm³/mol. The molecule has 2 rings (SSSR count). The quantitative estimate of drug-likeness (QED) is 0.815. The van der Waals surface area contributed by atoms with Gasteiger partial charge in [0.25, 0.3) is 0 Å². The minimum Gasteiger partial charge on any atom is -0.393 e. The Morgan fingerprint density at radius 3 is 2.75 bits per heavy atom. The number of nitrogens with one attached hydrogen (secondary N) is 1. The number of aliphatic hydroxyl groups is 1. The van der Waals surface area contributed by atoms with E-state index in [0.717, 1.165) is 30.6 Å². The molecule has 0 bridgehead atoms. The maximum Gasteiger partial charge on any atom is 0.0645 e.